The van der Waals surface area contributed by atoms with Crippen LogP contribution in [0.1, 0.15) is 18.1 Å². The van der Waals surface area contributed by atoms with Crippen LogP contribution in [0.15, 0.2) is 48.5 Å². The van der Waals surface area contributed by atoms with Crippen molar-refractivity contribution in [2.24, 2.45) is 0 Å². The maximum Gasteiger partial charge on any atom is 0.244 e. The van der Waals surface area contributed by atoms with E-state index in [0.717, 1.165) is 11.1 Å². The molecule has 0 heterocycles. The third-order valence-corrected chi connectivity index (χ3v) is 3.29. The Morgan fingerprint density at radius 3 is 2.58 bits per heavy atom. The summed E-state index contributed by atoms with van der Waals surface area (Å²) in [7, 11) is 1.57. The molecule has 126 valence electrons. The Hall–Kier alpha value is -2.82. The molecule has 1 N–H and O–H groups in total. The molecule has 0 aliphatic carbocycles. The summed E-state index contributed by atoms with van der Waals surface area (Å²) >= 11 is 0. The minimum Gasteiger partial charge on any atom is -0.493 e. The fraction of sp³-hybridized carbons (Fsp3) is 0.211. The maximum atomic E-state index is 12.8. The van der Waals surface area contributed by atoms with Crippen LogP contribution < -0.4 is 14.8 Å². The van der Waals surface area contributed by atoms with Gasteiger partial charge >= 0.3 is 0 Å². The Balaban J connectivity index is 1.94. The molecule has 0 atom stereocenters. The van der Waals surface area contributed by atoms with Gasteiger partial charge in [-0.25, -0.2) is 4.39 Å². The molecule has 0 aliphatic rings. The molecule has 0 saturated heterocycles. The lowest BCUT2D eigenvalue weighted by Gasteiger charge is -2.09. The van der Waals surface area contributed by atoms with Gasteiger partial charge in [-0.05, 0) is 48.4 Å². The molecule has 0 aromatic heterocycles. The Labute approximate surface area is 140 Å². The highest BCUT2D eigenvalue weighted by molar-refractivity contribution is 5.91. The van der Waals surface area contributed by atoms with Gasteiger partial charge in [-0.1, -0.05) is 18.2 Å². The van der Waals surface area contributed by atoms with Crippen LogP contribution in [0.3, 0.4) is 0 Å². The van der Waals surface area contributed by atoms with Crippen LogP contribution in [0.5, 0.6) is 11.5 Å². The zero-order valence-electron chi connectivity index (χ0n) is 13.7. The lowest BCUT2D eigenvalue weighted by Crippen LogP contribution is -2.20. The summed E-state index contributed by atoms with van der Waals surface area (Å²) in [4.78, 5) is 11.9. The SMILES string of the molecule is CCOc1ccc(/C=C/C(=O)NCc2ccc(F)cc2)cc1OC. The average molecular weight is 329 g/mol. The van der Waals surface area contributed by atoms with E-state index in [-0.39, 0.29) is 11.7 Å². The van der Waals surface area contributed by atoms with E-state index in [9.17, 15) is 9.18 Å². The number of hydrogen-bond acceptors (Lipinski definition) is 3. The number of halogens is 1. The molecule has 0 spiro atoms. The first-order valence-corrected chi connectivity index (χ1v) is 7.63. The Kier molecular flexibility index (Phi) is 6.37. The lowest BCUT2D eigenvalue weighted by atomic mass is 10.2. The average Bonchev–Trinajstić information content (AvgIpc) is 2.60. The first-order valence-electron chi connectivity index (χ1n) is 7.63. The van der Waals surface area contributed by atoms with Crippen LogP contribution in [0.2, 0.25) is 0 Å². The summed E-state index contributed by atoms with van der Waals surface area (Å²) in [6.07, 6.45) is 3.14. The fourth-order valence-electron chi connectivity index (χ4n) is 2.08. The van der Waals surface area contributed by atoms with Gasteiger partial charge in [0.2, 0.25) is 5.91 Å². The summed E-state index contributed by atoms with van der Waals surface area (Å²) in [5, 5.41) is 2.74. The zero-order chi connectivity index (χ0) is 17.4. The molecule has 0 aliphatic heterocycles. The maximum absolute atomic E-state index is 12.8. The number of methoxy groups -OCH3 is 1. The van der Waals surface area contributed by atoms with Crippen molar-refractivity contribution < 1.29 is 18.7 Å². The van der Waals surface area contributed by atoms with E-state index >= 15 is 0 Å². The second-order valence-corrected chi connectivity index (χ2v) is 5.02. The first kappa shape index (κ1) is 17.5. The normalized spacial score (nSPS) is 10.6. The van der Waals surface area contributed by atoms with Crippen molar-refractivity contribution in [1.82, 2.24) is 5.32 Å². The van der Waals surface area contributed by atoms with Gasteiger partial charge in [0, 0.05) is 12.6 Å². The van der Waals surface area contributed by atoms with Gasteiger partial charge in [0.25, 0.3) is 0 Å². The molecule has 0 fully saturated rings. The summed E-state index contributed by atoms with van der Waals surface area (Å²) in [5.74, 6) is 0.755. The van der Waals surface area contributed by atoms with Gasteiger partial charge in [-0.2, -0.15) is 0 Å². The number of carbonyl (C=O) groups excluding carboxylic acids is 1. The van der Waals surface area contributed by atoms with Crippen LogP contribution >= 0.6 is 0 Å². The third-order valence-electron chi connectivity index (χ3n) is 3.29. The van der Waals surface area contributed by atoms with Crippen molar-refractivity contribution in [2.75, 3.05) is 13.7 Å². The first-order chi connectivity index (χ1) is 11.6. The number of rotatable bonds is 7. The molecule has 0 bridgehead atoms. The fourth-order valence-corrected chi connectivity index (χ4v) is 2.08. The van der Waals surface area contributed by atoms with E-state index in [0.29, 0.717) is 24.7 Å². The van der Waals surface area contributed by atoms with E-state index in [1.165, 1.54) is 18.2 Å². The molecule has 2 rings (SSSR count). The highest BCUT2D eigenvalue weighted by atomic mass is 19.1. The molecule has 0 unspecified atom stereocenters. The summed E-state index contributed by atoms with van der Waals surface area (Å²) in [6, 6.07) is 11.4. The minimum absolute atomic E-state index is 0.229. The predicted octanol–water partition coefficient (Wildman–Crippen LogP) is 3.56. The highest BCUT2D eigenvalue weighted by Crippen LogP contribution is 2.28. The van der Waals surface area contributed by atoms with Crippen molar-refractivity contribution >= 4 is 12.0 Å². The molecule has 0 saturated carbocycles. The molecule has 4 nitrogen and oxygen atoms in total. The summed E-state index contributed by atoms with van der Waals surface area (Å²) in [6.45, 7) is 2.80. The van der Waals surface area contributed by atoms with Crippen molar-refractivity contribution in [2.45, 2.75) is 13.5 Å². The smallest absolute Gasteiger partial charge is 0.244 e. The standard InChI is InChI=1S/C19H20FNO3/c1-3-24-17-10-6-14(12-18(17)23-2)7-11-19(22)21-13-15-4-8-16(20)9-5-15/h4-12H,3,13H2,1-2H3,(H,21,22)/b11-7+. The van der Waals surface area contributed by atoms with Crippen LogP contribution in [-0.4, -0.2) is 19.6 Å². The van der Waals surface area contributed by atoms with Crippen LogP contribution in [0.4, 0.5) is 4.39 Å². The zero-order valence-corrected chi connectivity index (χ0v) is 13.7. The number of benzene rings is 2. The quantitative estimate of drug-likeness (QED) is 0.790. The van der Waals surface area contributed by atoms with Crippen molar-refractivity contribution in [3.8, 4) is 11.5 Å². The second-order valence-electron chi connectivity index (χ2n) is 5.02. The van der Waals surface area contributed by atoms with Gasteiger partial charge in [0.15, 0.2) is 11.5 Å². The Morgan fingerprint density at radius 1 is 1.17 bits per heavy atom. The van der Waals surface area contributed by atoms with E-state index in [4.69, 9.17) is 9.47 Å². The lowest BCUT2D eigenvalue weighted by molar-refractivity contribution is -0.116. The van der Waals surface area contributed by atoms with Gasteiger partial charge in [-0.15, -0.1) is 0 Å². The number of carbonyl (C=O) groups is 1. The largest absolute Gasteiger partial charge is 0.493 e. The van der Waals surface area contributed by atoms with Gasteiger partial charge in [0.1, 0.15) is 5.82 Å². The number of ether oxygens (including phenoxy) is 2. The monoisotopic (exact) mass is 329 g/mol. The summed E-state index contributed by atoms with van der Waals surface area (Å²) < 4.78 is 23.5. The van der Waals surface area contributed by atoms with E-state index in [1.54, 1.807) is 37.5 Å². The minimum atomic E-state index is -0.297. The summed E-state index contributed by atoms with van der Waals surface area (Å²) in [5.41, 5.74) is 1.66. The molecule has 5 heteroatoms. The molecular formula is C19H20FNO3. The molecule has 1 amide bonds. The van der Waals surface area contributed by atoms with E-state index in [1.807, 2.05) is 13.0 Å². The van der Waals surface area contributed by atoms with Crippen molar-refractivity contribution in [3.63, 3.8) is 0 Å². The molecule has 24 heavy (non-hydrogen) atoms. The third kappa shape index (κ3) is 5.12. The van der Waals surface area contributed by atoms with Gasteiger partial charge < -0.3 is 14.8 Å². The van der Waals surface area contributed by atoms with Gasteiger partial charge in [0.05, 0.1) is 13.7 Å². The molecule has 2 aromatic carbocycles. The highest BCUT2D eigenvalue weighted by Gasteiger charge is 2.04. The Bertz CT molecular complexity index is 711. The molecule has 2 aromatic rings. The number of amides is 1. The predicted molar refractivity (Wildman–Crippen MR) is 91.4 cm³/mol. The molecule has 0 radical (unpaired) electrons. The van der Waals surface area contributed by atoms with E-state index < -0.39 is 0 Å². The van der Waals surface area contributed by atoms with Crippen LogP contribution in [0.25, 0.3) is 6.08 Å². The van der Waals surface area contributed by atoms with Gasteiger partial charge in [-0.3, -0.25) is 4.79 Å². The van der Waals surface area contributed by atoms with Crippen molar-refractivity contribution in [3.05, 3.63) is 65.5 Å². The number of nitrogens with one attached hydrogen (secondary N) is 1. The van der Waals surface area contributed by atoms with Crippen LogP contribution in [-0.2, 0) is 11.3 Å². The topological polar surface area (TPSA) is 47.6 Å². The second kappa shape index (κ2) is 8.72. The van der Waals surface area contributed by atoms with E-state index in [2.05, 4.69) is 5.32 Å². The van der Waals surface area contributed by atoms with Crippen LogP contribution in [0, 0.1) is 5.82 Å². The Morgan fingerprint density at radius 2 is 1.92 bits per heavy atom. The molecular weight excluding hydrogens is 309 g/mol. The van der Waals surface area contributed by atoms with Crippen molar-refractivity contribution in [1.29, 1.82) is 0 Å². The number of hydrogen-bond donors (Lipinski definition) is 1.